The Morgan fingerprint density at radius 3 is 0.578 bits per heavy atom. The molecule has 0 N–H and O–H groups in total. The van der Waals surface area contributed by atoms with Gasteiger partial charge in [0.05, 0.1) is 11.4 Å². The molecule has 20 aromatic carbocycles. The van der Waals surface area contributed by atoms with Crippen LogP contribution in [0, 0.1) is 0 Å². The molecule has 20 rings (SSSR count). The normalized spacial score (nSPS) is 11.1. The van der Waals surface area contributed by atoms with Gasteiger partial charge in [-0.2, -0.15) is 0 Å². The van der Waals surface area contributed by atoms with E-state index in [2.05, 4.69) is 505 Å². The van der Waals surface area contributed by atoms with Crippen molar-refractivity contribution < 1.29 is 0 Å². The Morgan fingerprint density at radius 2 is 0.293 bits per heavy atom. The number of fused-ring (bicyclic) bond motifs is 4. The molecule has 0 aliphatic heterocycles. The molecule has 548 valence electrons. The van der Waals surface area contributed by atoms with Crippen molar-refractivity contribution in [2.24, 2.45) is 0 Å². The van der Waals surface area contributed by atoms with Gasteiger partial charge in [0.2, 0.25) is 0 Å². The van der Waals surface area contributed by atoms with E-state index in [9.17, 15) is 0 Å². The average molecular weight is 1480 g/mol. The molecule has 0 aliphatic carbocycles. The van der Waals surface area contributed by atoms with Crippen LogP contribution in [0.3, 0.4) is 0 Å². The summed E-state index contributed by atoms with van der Waals surface area (Å²) in [6.07, 6.45) is 0. The molecule has 0 saturated carbocycles. The van der Waals surface area contributed by atoms with Crippen molar-refractivity contribution >= 4 is 111 Å². The van der Waals surface area contributed by atoms with Gasteiger partial charge in [0, 0.05) is 67.6 Å². The second-order valence-corrected chi connectivity index (χ2v) is 29.2. The first-order valence-corrected chi connectivity index (χ1v) is 39.7. The molecule has 0 radical (unpaired) electrons. The number of hydrogen-bond donors (Lipinski definition) is 0. The lowest BCUT2D eigenvalue weighted by Crippen LogP contribution is -2.10. The van der Waals surface area contributed by atoms with Gasteiger partial charge in [-0.1, -0.05) is 340 Å². The van der Waals surface area contributed by atoms with E-state index in [4.69, 9.17) is 0 Å². The number of anilines is 12. The molecule has 0 atom stereocenters. The highest BCUT2D eigenvalue weighted by atomic mass is 15.2. The summed E-state index contributed by atoms with van der Waals surface area (Å²) >= 11 is 0. The van der Waals surface area contributed by atoms with Crippen LogP contribution in [0.4, 0.5) is 68.2 Å². The molecule has 20 aromatic rings. The first-order valence-electron chi connectivity index (χ1n) is 39.7. The summed E-state index contributed by atoms with van der Waals surface area (Å²) in [7, 11) is 0. The third-order valence-corrected chi connectivity index (χ3v) is 22.1. The van der Waals surface area contributed by atoms with Gasteiger partial charge in [0.25, 0.3) is 0 Å². The van der Waals surface area contributed by atoms with Gasteiger partial charge in [-0.05, 0) is 245 Å². The number of hydrogen-bond acceptors (Lipinski definition) is 4. The number of benzene rings is 20. The third-order valence-electron chi connectivity index (χ3n) is 22.1. The van der Waals surface area contributed by atoms with Crippen LogP contribution in [-0.4, -0.2) is 0 Å². The highest BCUT2D eigenvalue weighted by Crippen LogP contribution is 2.45. The SMILES string of the molecule is c1ccc(-c2ccc(N(c3ccc(-c4ccccc4)cc3)c3ccc(-c4ccc(N(c5ccccc5)c5cccc6ccccc56)cc4)cc3)cc2)cc1.c1ccc(N(c2ccc(-c3ccc(N(c4ccc(-c5ccc6ccccc6c5)cc4)c4ccc(-c5ccc6ccccc6c5)cc4)cc3)cc2)c2cccc3ccccc23)cc1. The molecule has 116 heavy (non-hydrogen) atoms. The molecular weight excluding hydrogens is 1400 g/mol. The fourth-order valence-corrected chi connectivity index (χ4v) is 16.1. The molecule has 0 aromatic heterocycles. The van der Waals surface area contributed by atoms with Crippen LogP contribution < -0.4 is 19.6 Å². The maximum atomic E-state index is 2.35. The van der Waals surface area contributed by atoms with E-state index >= 15 is 0 Å². The molecule has 0 fully saturated rings. The lowest BCUT2D eigenvalue weighted by atomic mass is 10.00. The van der Waals surface area contributed by atoms with Gasteiger partial charge in [0.1, 0.15) is 0 Å². The summed E-state index contributed by atoms with van der Waals surface area (Å²) in [6.45, 7) is 0. The van der Waals surface area contributed by atoms with Gasteiger partial charge < -0.3 is 19.6 Å². The Hall–Kier alpha value is -15.4. The standard InChI is InChI=1S/C60H42N2.C52H38N2/c1-2-17-54(18-3-1)62(60-20-10-16-49-13-8-9-19-59(49)60)58-39-27-46(28-40-58)45-25-33-55(34-26-45)61(56-35-29-47(30-36-56)52-23-21-43-11-4-6-14-50(43)41-52)57-37-31-48(32-38-57)53-24-22-44-12-5-7-15-51(44)42-53;1-4-13-39(14-5-1)41-23-31-47(32-24-41)53(48-33-25-42(26-34-48)40-15-6-2-7-16-40)49-35-27-43(28-36-49)44-29-37-50(38-30-44)54(46-19-8-3-9-20-46)52-22-12-18-45-17-10-11-21-51(45)52/h1-42H;1-38H. The average Bonchev–Trinajstić information content (AvgIpc) is 0.787. The molecule has 0 aliphatic rings. The molecule has 4 nitrogen and oxygen atoms in total. The highest BCUT2D eigenvalue weighted by Gasteiger charge is 2.21. The van der Waals surface area contributed by atoms with Crippen molar-refractivity contribution in [3.63, 3.8) is 0 Å². The third kappa shape index (κ3) is 15.0. The zero-order valence-electron chi connectivity index (χ0n) is 64.0. The predicted octanol–water partition coefficient (Wildman–Crippen LogP) is 31.9. The van der Waals surface area contributed by atoms with Crippen LogP contribution in [0.1, 0.15) is 0 Å². The molecule has 0 amide bonds. The Bertz CT molecular complexity index is 6520. The quantitative estimate of drug-likeness (QED) is 0.0849. The van der Waals surface area contributed by atoms with Gasteiger partial charge in [0.15, 0.2) is 0 Å². The zero-order chi connectivity index (χ0) is 77.4. The number of nitrogens with zero attached hydrogens (tertiary/aromatic N) is 4. The maximum absolute atomic E-state index is 2.35. The molecular formula is C112H80N4. The molecule has 0 saturated heterocycles. The fraction of sp³-hybridized carbons (Fsp3) is 0. The Morgan fingerprint density at radius 1 is 0.103 bits per heavy atom. The highest BCUT2D eigenvalue weighted by molar-refractivity contribution is 6.01. The van der Waals surface area contributed by atoms with Crippen LogP contribution in [0.2, 0.25) is 0 Å². The summed E-state index contributed by atoms with van der Waals surface area (Å²) in [4.78, 5) is 9.38. The first-order chi connectivity index (χ1) is 57.5. The minimum Gasteiger partial charge on any atom is -0.311 e. The Kier molecular flexibility index (Phi) is 19.9. The first kappa shape index (κ1) is 71.0. The van der Waals surface area contributed by atoms with Gasteiger partial charge in [-0.15, -0.1) is 0 Å². The topological polar surface area (TPSA) is 13.0 Å². The summed E-state index contributed by atoms with van der Waals surface area (Å²) in [5.41, 5.74) is 27.7. The second-order valence-electron chi connectivity index (χ2n) is 29.2. The van der Waals surface area contributed by atoms with Gasteiger partial charge in [-0.25, -0.2) is 0 Å². The van der Waals surface area contributed by atoms with Crippen LogP contribution in [0.5, 0.6) is 0 Å². The maximum Gasteiger partial charge on any atom is 0.0540 e. The predicted molar refractivity (Wildman–Crippen MR) is 494 cm³/mol. The zero-order valence-corrected chi connectivity index (χ0v) is 64.0. The van der Waals surface area contributed by atoms with E-state index < -0.39 is 0 Å². The molecule has 0 heterocycles. The monoisotopic (exact) mass is 1480 g/mol. The van der Waals surface area contributed by atoms with Crippen LogP contribution in [0.25, 0.3) is 110 Å². The lowest BCUT2D eigenvalue weighted by Gasteiger charge is -2.27. The van der Waals surface area contributed by atoms with Crippen molar-refractivity contribution in [3.8, 4) is 66.8 Å². The van der Waals surface area contributed by atoms with Crippen molar-refractivity contribution in [1.82, 2.24) is 0 Å². The van der Waals surface area contributed by atoms with E-state index in [1.54, 1.807) is 0 Å². The molecule has 0 unspecified atom stereocenters. The van der Waals surface area contributed by atoms with Gasteiger partial charge >= 0.3 is 0 Å². The van der Waals surface area contributed by atoms with Crippen LogP contribution >= 0.6 is 0 Å². The molecule has 0 spiro atoms. The summed E-state index contributed by atoms with van der Waals surface area (Å²) in [6, 6.07) is 174. The Balaban J connectivity index is 0.000000156. The largest absolute Gasteiger partial charge is 0.311 e. The van der Waals surface area contributed by atoms with Crippen LogP contribution in [0.15, 0.2) is 485 Å². The lowest BCUT2D eigenvalue weighted by molar-refractivity contribution is 1.28. The van der Waals surface area contributed by atoms with E-state index in [-0.39, 0.29) is 0 Å². The van der Waals surface area contributed by atoms with Crippen molar-refractivity contribution in [1.29, 1.82) is 0 Å². The summed E-state index contributed by atoms with van der Waals surface area (Å²) in [5.74, 6) is 0. The van der Waals surface area contributed by atoms with E-state index in [0.29, 0.717) is 0 Å². The van der Waals surface area contributed by atoms with E-state index in [1.165, 1.54) is 98.7 Å². The number of para-hydroxylation sites is 2. The van der Waals surface area contributed by atoms with Crippen molar-refractivity contribution in [2.75, 3.05) is 19.6 Å². The number of rotatable bonds is 18. The summed E-state index contributed by atoms with van der Waals surface area (Å²) < 4.78 is 0. The minimum absolute atomic E-state index is 1.09. The minimum atomic E-state index is 1.09. The molecule has 0 bridgehead atoms. The van der Waals surface area contributed by atoms with Gasteiger partial charge in [-0.3, -0.25) is 0 Å². The van der Waals surface area contributed by atoms with Crippen molar-refractivity contribution in [3.05, 3.63) is 485 Å². The smallest absolute Gasteiger partial charge is 0.0540 e. The Labute approximate surface area is 678 Å². The molecule has 4 heteroatoms. The fourth-order valence-electron chi connectivity index (χ4n) is 16.1. The second kappa shape index (κ2) is 32.5. The van der Waals surface area contributed by atoms with Crippen molar-refractivity contribution in [2.45, 2.75) is 0 Å². The van der Waals surface area contributed by atoms with E-state index in [1.807, 2.05) is 0 Å². The van der Waals surface area contributed by atoms with Crippen LogP contribution in [-0.2, 0) is 0 Å². The summed E-state index contributed by atoms with van der Waals surface area (Å²) in [5, 5.41) is 9.87. The van der Waals surface area contributed by atoms with E-state index in [0.717, 1.165) is 79.4 Å².